The average Bonchev–Trinajstić information content (AvgIpc) is 2.48. The van der Waals surface area contributed by atoms with E-state index < -0.39 is 11.9 Å². The Balaban J connectivity index is 2.08. The fraction of sp³-hybridized carbons (Fsp3) is 0.125. The lowest BCUT2D eigenvalue weighted by molar-refractivity contribution is -0.165. The van der Waals surface area contributed by atoms with Gasteiger partial charge in [-0.1, -0.05) is 30.3 Å². The number of carbonyl (C=O) groups excluding carboxylic acids is 2. The topological polar surface area (TPSA) is 66.8 Å². The summed E-state index contributed by atoms with van der Waals surface area (Å²) in [6.45, 7) is 1.30. The third kappa shape index (κ3) is 4.15. The van der Waals surface area contributed by atoms with Gasteiger partial charge in [0.25, 0.3) is 0 Å². The molecule has 0 radical (unpaired) electrons. The van der Waals surface area contributed by atoms with Gasteiger partial charge in [-0.05, 0) is 29.8 Å². The molecule has 5 nitrogen and oxygen atoms in total. The standard InChI is InChI=1S/C16H15NO4/c1-12(18)17(20)11-13-6-5-9-15(10-13)21-16(19)14-7-3-2-4-8-14/h2-10,20H,11H2,1H3. The SMILES string of the molecule is CC(=O)N(O)Cc1cccc(OC(=O)c2ccccc2)c1. The molecule has 2 aromatic rings. The Bertz CT molecular complexity index is 640. The highest BCUT2D eigenvalue weighted by atomic mass is 16.5. The molecule has 0 bridgehead atoms. The quantitative estimate of drug-likeness (QED) is 0.406. The monoisotopic (exact) mass is 285 g/mol. The van der Waals surface area contributed by atoms with Crippen LogP contribution in [0.1, 0.15) is 22.8 Å². The van der Waals surface area contributed by atoms with Crippen LogP contribution in [0.15, 0.2) is 54.6 Å². The molecule has 0 aromatic heterocycles. The van der Waals surface area contributed by atoms with Gasteiger partial charge in [-0.25, -0.2) is 9.86 Å². The molecule has 0 aliphatic heterocycles. The van der Waals surface area contributed by atoms with Crippen molar-refractivity contribution in [1.82, 2.24) is 5.06 Å². The zero-order valence-electron chi connectivity index (χ0n) is 11.5. The summed E-state index contributed by atoms with van der Waals surface area (Å²) in [5.41, 5.74) is 1.11. The van der Waals surface area contributed by atoms with Crippen LogP contribution in [0.5, 0.6) is 5.75 Å². The molecular formula is C16H15NO4. The summed E-state index contributed by atoms with van der Waals surface area (Å²) in [4.78, 5) is 22.9. The molecule has 0 unspecified atom stereocenters. The van der Waals surface area contributed by atoms with Gasteiger partial charge in [-0.15, -0.1) is 0 Å². The normalized spacial score (nSPS) is 10.0. The first-order valence-electron chi connectivity index (χ1n) is 6.39. The number of ether oxygens (including phenoxy) is 1. The minimum atomic E-state index is -0.458. The van der Waals surface area contributed by atoms with Crippen molar-refractivity contribution in [1.29, 1.82) is 0 Å². The summed E-state index contributed by atoms with van der Waals surface area (Å²) in [7, 11) is 0. The Hall–Kier alpha value is -2.66. The molecule has 1 N–H and O–H groups in total. The molecule has 2 rings (SSSR count). The fourth-order valence-electron chi connectivity index (χ4n) is 1.73. The van der Waals surface area contributed by atoms with Crippen molar-refractivity contribution in [3.63, 3.8) is 0 Å². The largest absolute Gasteiger partial charge is 0.423 e. The van der Waals surface area contributed by atoms with Crippen LogP contribution in [0.25, 0.3) is 0 Å². The first-order chi connectivity index (χ1) is 10.1. The Kier molecular flexibility index (Phi) is 4.68. The summed E-state index contributed by atoms with van der Waals surface area (Å²) in [5, 5.41) is 10.0. The van der Waals surface area contributed by atoms with E-state index in [1.165, 1.54) is 6.92 Å². The molecule has 0 saturated heterocycles. The smallest absolute Gasteiger partial charge is 0.343 e. The lowest BCUT2D eigenvalue weighted by Gasteiger charge is -2.13. The van der Waals surface area contributed by atoms with Gasteiger partial charge in [0.1, 0.15) is 5.75 Å². The Labute approximate surface area is 122 Å². The number of esters is 1. The van der Waals surface area contributed by atoms with Gasteiger partial charge in [0.2, 0.25) is 5.91 Å². The van der Waals surface area contributed by atoms with E-state index in [0.29, 0.717) is 21.9 Å². The number of hydrogen-bond donors (Lipinski definition) is 1. The Morgan fingerprint density at radius 3 is 2.48 bits per heavy atom. The summed E-state index contributed by atoms with van der Waals surface area (Å²) in [5.74, 6) is -0.555. The van der Waals surface area contributed by atoms with Gasteiger partial charge in [-0.3, -0.25) is 10.0 Å². The van der Waals surface area contributed by atoms with Crippen LogP contribution < -0.4 is 4.74 Å². The zero-order valence-corrected chi connectivity index (χ0v) is 11.5. The molecule has 0 fully saturated rings. The van der Waals surface area contributed by atoms with Crippen molar-refractivity contribution in [3.8, 4) is 5.75 Å². The predicted molar refractivity (Wildman–Crippen MR) is 75.9 cm³/mol. The lowest BCUT2D eigenvalue weighted by Crippen LogP contribution is -2.23. The minimum absolute atomic E-state index is 0.0338. The molecule has 2 aromatic carbocycles. The number of nitrogens with zero attached hydrogens (tertiary/aromatic N) is 1. The summed E-state index contributed by atoms with van der Waals surface area (Å²) >= 11 is 0. The number of amides is 1. The van der Waals surface area contributed by atoms with Crippen LogP contribution >= 0.6 is 0 Å². The van der Waals surface area contributed by atoms with Crippen molar-refractivity contribution in [2.75, 3.05) is 0 Å². The van der Waals surface area contributed by atoms with Crippen LogP contribution in [0.2, 0.25) is 0 Å². The second-order valence-electron chi connectivity index (χ2n) is 4.48. The highest BCUT2D eigenvalue weighted by Crippen LogP contribution is 2.16. The summed E-state index contributed by atoms with van der Waals surface area (Å²) in [6, 6.07) is 15.3. The van der Waals surface area contributed by atoms with Crippen LogP contribution in [-0.4, -0.2) is 22.1 Å². The summed E-state index contributed by atoms with van der Waals surface area (Å²) < 4.78 is 5.26. The van der Waals surface area contributed by atoms with Crippen LogP contribution in [0.4, 0.5) is 0 Å². The molecule has 1 amide bonds. The van der Waals surface area contributed by atoms with Crippen LogP contribution in [0.3, 0.4) is 0 Å². The fourth-order valence-corrected chi connectivity index (χ4v) is 1.73. The number of rotatable bonds is 4. The first-order valence-corrected chi connectivity index (χ1v) is 6.39. The Morgan fingerprint density at radius 2 is 1.81 bits per heavy atom. The van der Waals surface area contributed by atoms with Crippen molar-refractivity contribution < 1.29 is 19.5 Å². The van der Waals surface area contributed by atoms with Gasteiger partial charge in [0, 0.05) is 6.92 Å². The molecule has 0 atom stereocenters. The maximum Gasteiger partial charge on any atom is 0.343 e. The first kappa shape index (κ1) is 14.7. The van der Waals surface area contributed by atoms with Crippen LogP contribution in [-0.2, 0) is 11.3 Å². The minimum Gasteiger partial charge on any atom is -0.423 e. The van der Waals surface area contributed by atoms with E-state index in [0.717, 1.165) is 0 Å². The summed E-state index contributed by atoms with van der Waals surface area (Å²) in [6.07, 6.45) is 0. The van der Waals surface area contributed by atoms with E-state index in [1.807, 2.05) is 6.07 Å². The molecule has 0 spiro atoms. The zero-order chi connectivity index (χ0) is 15.2. The maximum absolute atomic E-state index is 11.9. The van der Waals surface area contributed by atoms with Crippen molar-refractivity contribution in [2.45, 2.75) is 13.5 Å². The number of carbonyl (C=O) groups is 2. The van der Waals surface area contributed by atoms with E-state index in [4.69, 9.17) is 4.74 Å². The third-order valence-corrected chi connectivity index (χ3v) is 2.81. The van der Waals surface area contributed by atoms with Crippen molar-refractivity contribution in [3.05, 3.63) is 65.7 Å². The van der Waals surface area contributed by atoms with Gasteiger partial charge in [0.05, 0.1) is 12.1 Å². The van der Waals surface area contributed by atoms with E-state index in [-0.39, 0.29) is 6.54 Å². The highest BCUT2D eigenvalue weighted by molar-refractivity contribution is 5.90. The van der Waals surface area contributed by atoms with Gasteiger partial charge < -0.3 is 4.74 Å². The van der Waals surface area contributed by atoms with Gasteiger partial charge in [0.15, 0.2) is 0 Å². The van der Waals surface area contributed by atoms with Crippen molar-refractivity contribution >= 4 is 11.9 Å². The van der Waals surface area contributed by atoms with E-state index in [9.17, 15) is 14.8 Å². The molecule has 5 heteroatoms. The van der Waals surface area contributed by atoms with Gasteiger partial charge >= 0.3 is 5.97 Å². The van der Waals surface area contributed by atoms with E-state index >= 15 is 0 Å². The molecular weight excluding hydrogens is 270 g/mol. The van der Waals surface area contributed by atoms with Crippen molar-refractivity contribution in [2.24, 2.45) is 0 Å². The number of benzene rings is 2. The second-order valence-corrected chi connectivity index (χ2v) is 4.48. The molecule has 0 saturated carbocycles. The number of hydroxylamine groups is 2. The predicted octanol–water partition coefficient (Wildman–Crippen LogP) is 2.64. The second kappa shape index (κ2) is 6.67. The van der Waals surface area contributed by atoms with E-state index in [2.05, 4.69) is 0 Å². The van der Waals surface area contributed by atoms with Gasteiger partial charge in [-0.2, -0.15) is 0 Å². The molecule has 108 valence electrons. The maximum atomic E-state index is 11.9. The molecule has 21 heavy (non-hydrogen) atoms. The number of hydrogen-bond acceptors (Lipinski definition) is 4. The molecule has 0 aliphatic rings. The molecule has 0 heterocycles. The van der Waals surface area contributed by atoms with E-state index in [1.54, 1.807) is 48.5 Å². The van der Waals surface area contributed by atoms with Crippen LogP contribution in [0, 0.1) is 0 Å². The Morgan fingerprint density at radius 1 is 1.10 bits per heavy atom. The highest BCUT2D eigenvalue weighted by Gasteiger charge is 2.10. The average molecular weight is 285 g/mol. The molecule has 0 aliphatic carbocycles. The third-order valence-electron chi connectivity index (χ3n) is 2.81. The lowest BCUT2D eigenvalue weighted by atomic mass is 10.2.